The van der Waals surface area contributed by atoms with Gasteiger partial charge in [-0.15, -0.1) is 10.2 Å². The summed E-state index contributed by atoms with van der Waals surface area (Å²) in [5, 5.41) is 18.2. The minimum atomic E-state index is 0.296. The number of ether oxygens (including phenoxy) is 1. The lowest BCUT2D eigenvalue weighted by Crippen LogP contribution is -2.29. The second kappa shape index (κ2) is 8.54. The Morgan fingerprint density at radius 1 is 1.27 bits per heavy atom. The van der Waals surface area contributed by atoms with Crippen molar-refractivity contribution in [2.75, 3.05) is 19.7 Å². The minimum Gasteiger partial charge on any atom is -0.376 e. The van der Waals surface area contributed by atoms with Crippen LogP contribution in [0.1, 0.15) is 50.0 Å². The molecule has 2 aromatic heterocycles. The Bertz CT molecular complexity index is 702. The van der Waals surface area contributed by atoms with E-state index in [1.54, 1.807) is 11.8 Å². The van der Waals surface area contributed by atoms with E-state index in [2.05, 4.69) is 38.2 Å². The van der Waals surface area contributed by atoms with E-state index in [0.717, 1.165) is 80.9 Å². The third-order valence-electron chi connectivity index (χ3n) is 5.23. The molecule has 2 aliphatic heterocycles. The van der Waals surface area contributed by atoms with Crippen LogP contribution in [0.4, 0.5) is 0 Å². The molecule has 0 radical (unpaired) electrons. The zero-order valence-electron chi connectivity index (χ0n) is 15.4. The van der Waals surface area contributed by atoms with E-state index >= 15 is 0 Å². The zero-order valence-corrected chi connectivity index (χ0v) is 16.2. The highest BCUT2D eigenvalue weighted by Gasteiger charge is 2.26. The van der Waals surface area contributed by atoms with Crippen LogP contribution in [-0.4, -0.2) is 50.3 Å². The molecule has 2 aliphatic rings. The van der Waals surface area contributed by atoms with Crippen molar-refractivity contribution in [2.24, 2.45) is 0 Å². The minimum absolute atomic E-state index is 0.296. The molecule has 0 aliphatic carbocycles. The zero-order chi connectivity index (χ0) is 17.8. The molecule has 8 heteroatoms. The third kappa shape index (κ3) is 4.13. The first-order chi connectivity index (χ1) is 12.8. The van der Waals surface area contributed by atoms with Crippen LogP contribution < -0.4 is 5.32 Å². The van der Waals surface area contributed by atoms with E-state index in [1.807, 2.05) is 10.9 Å². The summed E-state index contributed by atoms with van der Waals surface area (Å²) >= 11 is 1.73. The number of thioether (sulfide) groups is 1. The van der Waals surface area contributed by atoms with Gasteiger partial charge >= 0.3 is 0 Å². The van der Waals surface area contributed by atoms with Gasteiger partial charge in [-0.2, -0.15) is 5.10 Å². The summed E-state index contributed by atoms with van der Waals surface area (Å²) in [4.78, 5) is 0. The second-order valence-electron chi connectivity index (χ2n) is 7.06. The number of rotatable bonds is 7. The SMILES string of the molecule is CCn1ccc(CSc2nnc(C3CCNCC3)n2C[C@H]2CCCO2)n1. The maximum absolute atomic E-state index is 5.89. The molecule has 0 spiro atoms. The molecule has 4 rings (SSSR count). The fourth-order valence-electron chi connectivity index (χ4n) is 3.75. The van der Waals surface area contributed by atoms with Gasteiger partial charge in [-0.25, -0.2) is 0 Å². The highest BCUT2D eigenvalue weighted by molar-refractivity contribution is 7.98. The van der Waals surface area contributed by atoms with Gasteiger partial charge in [0.25, 0.3) is 0 Å². The molecular formula is C18H28N6OS. The van der Waals surface area contributed by atoms with Crippen molar-refractivity contribution in [2.45, 2.75) is 68.6 Å². The van der Waals surface area contributed by atoms with Crippen LogP contribution in [0.3, 0.4) is 0 Å². The monoisotopic (exact) mass is 376 g/mol. The van der Waals surface area contributed by atoms with Crippen LogP contribution >= 0.6 is 11.8 Å². The highest BCUT2D eigenvalue weighted by atomic mass is 32.2. The molecular weight excluding hydrogens is 348 g/mol. The van der Waals surface area contributed by atoms with Crippen molar-refractivity contribution in [3.05, 3.63) is 23.8 Å². The van der Waals surface area contributed by atoms with Gasteiger partial charge in [-0.05, 0) is 51.8 Å². The Balaban J connectivity index is 1.50. The standard InChI is InChI=1S/C18H28N6OS/c1-2-23-10-7-15(22-23)13-26-18-21-20-17(14-5-8-19-9-6-14)24(18)12-16-4-3-11-25-16/h7,10,14,16,19H,2-6,8-9,11-13H2,1H3/t16-/m1/s1. The summed E-state index contributed by atoms with van der Waals surface area (Å²) in [6, 6.07) is 2.09. The van der Waals surface area contributed by atoms with Crippen molar-refractivity contribution in [3.8, 4) is 0 Å². The Kier molecular flexibility index (Phi) is 5.91. The summed E-state index contributed by atoms with van der Waals surface area (Å²) in [5.74, 6) is 2.46. The van der Waals surface area contributed by atoms with Crippen LogP contribution in [0.25, 0.3) is 0 Å². The highest BCUT2D eigenvalue weighted by Crippen LogP contribution is 2.30. The number of hydrogen-bond acceptors (Lipinski definition) is 6. The van der Waals surface area contributed by atoms with Gasteiger partial charge in [0.1, 0.15) is 5.82 Å². The molecule has 0 aromatic carbocycles. The smallest absolute Gasteiger partial charge is 0.191 e. The van der Waals surface area contributed by atoms with E-state index in [4.69, 9.17) is 4.74 Å². The molecule has 142 valence electrons. The number of piperidine rings is 1. The van der Waals surface area contributed by atoms with Crippen molar-refractivity contribution in [1.82, 2.24) is 29.9 Å². The fraction of sp³-hybridized carbons (Fsp3) is 0.722. The maximum Gasteiger partial charge on any atom is 0.191 e. The first-order valence-electron chi connectivity index (χ1n) is 9.74. The third-order valence-corrected chi connectivity index (χ3v) is 6.23. The normalized spacial score (nSPS) is 21.5. The average Bonchev–Trinajstić information content (AvgIpc) is 3.42. The summed E-state index contributed by atoms with van der Waals surface area (Å²) in [5.41, 5.74) is 1.09. The van der Waals surface area contributed by atoms with Gasteiger partial charge in [-0.1, -0.05) is 11.8 Å². The molecule has 1 N–H and O–H groups in total. The lowest BCUT2D eigenvalue weighted by molar-refractivity contribution is 0.0936. The predicted molar refractivity (Wildman–Crippen MR) is 101 cm³/mol. The van der Waals surface area contributed by atoms with E-state index in [0.29, 0.717) is 12.0 Å². The van der Waals surface area contributed by atoms with E-state index in [1.165, 1.54) is 0 Å². The molecule has 0 amide bonds. The van der Waals surface area contributed by atoms with E-state index in [9.17, 15) is 0 Å². The second-order valence-corrected chi connectivity index (χ2v) is 8.00. The van der Waals surface area contributed by atoms with Gasteiger partial charge in [0.05, 0.1) is 18.3 Å². The maximum atomic E-state index is 5.89. The van der Waals surface area contributed by atoms with Gasteiger partial charge in [0, 0.05) is 31.0 Å². The molecule has 2 fully saturated rings. The van der Waals surface area contributed by atoms with Crippen LogP contribution in [0.5, 0.6) is 0 Å². The Morgan fingerprint density at radius 3 is 2.88 bits per heavy atom. The summed E-state index contributed by atoms with van der Waals surface area (Å²) in [6.45, 7) is 6.89. The molecule has 26 heavy (non-hydrogen) atoms. The van der Waals surface area contributed by atoms with E-state index < -0.39 is 0 Å². The fourth-order valence-corrected chi connectivity index (χ4v) is 4.60. The quantitative estimate of drug-likeness (QED) is 0.749. The molecule has 2 saturated heterocycles. The molecule has 2 aromatic rings. The van der Waals surface area contributed by atoms with Crippen molar-refractivity contribution in [3.63, 3.8) is 0 Å². The predicted octanol–water partition coefficient (Wildman–Crippen LogP) is 2.43. The number of nitrogens with one attached hydrogen (secondary N) is 1. The molecule has 4 heterocycles. The van der Waals surface area contributed by atoms with Crippen molar-refractivity contribution >= 4 is 11.8 Å². The number of hydrogen-bond donors (Lipinski definition) is 1. The van der Waals surface area contributed by atoms with E-state index in [-0.39, 0.29) is 0 Å². The molecule has 7 nitrogen and oxygen atoms in total. The van der Waals surface area contributed by atoms with Crippen LogP contribution in [0.2, 0.25) is 0 Å². The van der Waals surface area contributed by atoms with Gasteiger partial charge in [0.2, 0.25) is 0 Å². The molecule has 0 bridgehead atoms. The van der Waals surface area contributed by atoms with Crippen LogP contribution in [0, 0.1) is 0 Å². The Hall–Kier alpha value is -1.38. The number of aromatic nitrogens is 5. The van der Waals surface area contributed by atoms with Crippen molar-refractivity contribution < 1.29 is 4.74 Å². The lowest BCUT2D eigenvalue weighted by Gasteiger charge is -2.23. The number of aryl methyl sites for hydroxylation is 1. The van der Waals surface area contributed by atoms with Crippen molar-refractivity contribution in [1.29, 1.82) is 0 Å². The average molecular weight is 377 g/mol. The van der Waals surface area contributed by atoms with Gasteiger partial charge in [0.15, 0.2) is 5.16 Å². The lowest BCUT2D eigenvalue weighted by atomic mass is 9.97. The topological polar surface area (TPSA) is 69.8 Å². The van der Waals surface area contributed by atoms with Gasteiger partial charge < -0.3 is 14.6 Å². The molecule has 0 saturated carbocycles. The van der Waals surface area contributed by atoms with Crippen LogP contribution in [-0.2, 0) is 23.6 Å². The van der Waals surface area contributed by atoms with Crippen LogP contribution in [0.15, 0.2) is 17.4 Å². The Labute approximate surface area is 158 Å². The largest absolute Gasteiger partial charge is 0.376 e. The molecule has 0 unspecified atom stereocenters. The van der Waals surface area contributed by atoms with Gasteiger partial charge in [-0.3, -0.25) is 4.68 Å². The molecule has 1 atom stereocenters. The number of nitrogens with zero attached hydrogens (tertiary/aromatic N) is 5. The Morgan fingerprint density at radius 2 is 2.15 bits per heavy atom. The summed E-state index contributed by atoms with van der Waals surface area (Å²) < 4.78 is 10.2. The first-order valence-corrected chi connectivity index (χ1v) is 10.7. The first kappa shape index (κ1) is 18.0. The summed E-state index contributed by atoms with van der Waals surface area (Å²) in [7, 11) is 0. The summed E-state index contributed by atoms with van der Waals surface area (Å²) in [6.07, 6.45) is 6.89.